The average molecular weight is 966 g/mol. The van der Waals surface area contributed by atoms with Gasteiger partial charge in [0.15, 0.2) is 5.20 Å². The van der Waals surface area contributed by atoms with Gasteiger partial charge in [0, 0.05) is 36.1 Å². The van der Waals surface area contributed by atoms with Crippen LogP contribution in [-0.2, 0) is 0 Å². The number of aryl methyl sites for hydroxylation is 2. The molecule has 0 atom stereocenters. The normalized spacial score (nSPS) is 11.5. The summed E-state index contributed by atoms with van der Waals surface area (Å²) in [7, 11) is 13.2. The maximum atomic E-state index is 7.49. The first-order valence-corrected chi connectivity index (χ1v) is 27.0. The van der Waals surface area contributed by atoms with E-state index in [0.717, 1.165) is 38.8 Å². The highest BCUT2D eigenvalue weighted by Gasteiger charge is 2.32. The van der Waals surface area contributed by atoms with Crippen LogP contribution in [0.15, 0.2) is 279 Å². The van der Waals surface area contributed by atoms with Crippen molar-refractivity contribution in [3.8, 4) is 11.4 Å². The fourth-order valence-electron chi connectivity index (χ4n) is 11.5. The molecule has 11 aromatic rings. The Labute approximate surface area is 440 Å². The van der Waals surface area contributed by atoms with Crippen LogP contribution in [0.3, 0.4) is 0 Å². The third-order valence-corrected chi connectivity index (χ3v) is 15.3. The van der Waals surface area contributed by atoms with Gasteiger partial charge < -0.3 is 22.4 Å². The molecule has 0 fully saturated rings. The summed E-state index contributed by atoms with van der Waals surface area (Å²) >= 11 is 0. The van der Waals surface area contributed by atoms with Gasteiger partial charge in [-0.05, 0) is 80.6 Å². The molecule has 0 saturated carbocycles. The van der Waals surface area contributed by atoms with E-state index in [1.807, 2.05) is 0 Å². The van der Waals surface area contributed by atoms with E-state index in [1.54, 1.807) is 0 Å². The minimum Gasteiger partial charge on any atom is -0.469 e. The van der Waals surface area contributed by atoms with E-state index in [1.165, 1.54) is 55.6 Å². The summed E-state index contributed by atoms with van der Waals surface area (Å²) < 4.78 is 4.72. The van der Waals surface area contributed by atoms with Crippen molar-refractivity contribution < 1.29 is 0 Å². The molecular weight excluding hydrogens is 909 g/mol. The Bertz CT molecular complexity index is 3080. The molecule has 0 aliphatic rings. The van der Waals surface area contributed by atoms with Gasteiger partial charge in [0.2, 0.25) is 0 Å². The lowest BCUT2D eigenvalue weighted by atomic mass is 9.78. The summed E-state index contributed by atoms with van der Waals surface area (Å²) in [6.45, 7) is 4.47. The second-order valence-corrected chi connectivity index (χ2v) is 20.6. The predicted octanol–water partition coefficient (Wildman–Crippen LogP) is 16.8. The highest BCUT2D eigenvalue weighted by atomic mass is 31.1. The molecule has 0 bridgehead atoms. The van der Waals surface area contributed by atoms with Crippen LogP contribution >= 0.6 is 7.30 Å². The van der Waals surface area contributed by atoms with E-state index in [0.29, 0.717) is 0 Å². The summed E-state index contributed by atoms with van der Waals surface area (Å²) in [4.78, 5) is 0. The molecule has 74 heavy (non-hydrogen) atoms. The van der Waals surface area contributed by atoms with E-state index < -0.39 is 7.30 Å². The Kier molecular flexibility index (Phi) is 14.2. The summed E-state index contributed by atoms with van der Waals surface area (Å²) in [6.07, 6.45) is 4.46. The molecule has 354 valence electrons. The Morgan fingerprint density at radius 2 is 0.459 bits per heavy atom. The lowest BCUT2D eigenvalue weighted by Crippen LogP contribution is -2.17. The molecule has 0 amide bonds. The first-order valence-electron chi connectivity index (χ1n) is 25.5. The monoisotopic (exact) mass is 965 g/mol. The summed E-state index contributed by atoms with van der Waals surface area (Å²) in [5, 5.41) is 0.817. The molecule has 0 aliphatic heterocycles. The number of imidazole rings is 1. The van der Waals surface area contributed by atoms with Crippen LogP contribution in [0.5, 0.6) is 0 Å². The highest BCUT2D eigenvalue weighted by molar-refractivity contribution is 7.95. The van der Waals surface area contributed by atoms with Gasteiger partial charge in [0.1, 0.15) is 0 Å². The molecule has 11 rings (SSSR count). The van der Waals surface area contributed by atoms with Crippen molar-refractivity contribution >= 4 is 22.4 Å². The van der Waals surface area contributed by atoms with E-state index in [9.17, 15) is 0 Å². The molecule has 2 nitrogen and oxygen atoms in total. The summed E-state index contributed by atoms with van der Waals surface area (Å²) in [5.41, 5.74) is 18.7. The van der Waals surface area contributed by atoms with Gasteiger partial charge in [-0.2, -0.15) is 0 Å². The number of rotatable bonds is 14. The van der Waals surface area contributed by atoms with Crippen molar-refractivity contribution in [2.75, 3.05) is 0 Å². The molecular formula is C69H56B2N2P-. The zero-order valence-electron chi connectivity index (χ0n) is 41.9. The first-order chi connectivity index (χ1) is 36.4. The largest absolute Gasteiger partial charge is 0.469 e. The minimum atomic E-state index is -1.80. The molecule has 0 spiro atoms. The zero-order valence-corrected chi connectivity index (χ0v) is 42.8. The van der Waals surface area contributed by atoms with Gasteiger partial charge in [-0.25, -0.2) is 0 Å². The SMILES string of the molecule is [B-][P+]([B-])=c1n(-c2c(C(c3ccccc3)c3ccccc3)cc(C)cc2C(c2ccccc2)c2ccccc2)ccn1-c1c(C(c2ccccc2)c2ccccc2)cc(C)cc1C(c1ccccc1)c1ccccc1. The number of nitrogens with zero attached hydrogens (tertiary/aromatic N) is 2. The van der Waals surface area contributed by atoms with Crippen LogP contribution in [0.25, 0.3) is 11.4 Å². The third-order valence-electron chi connectivity index (χ3n) is 14.4. The molecule has 0 unspecified atom stereocenters. The highest BCUT2D eigenvalue weighted by Crippen LogP contribution is 2.47. The van der Waals surface area contributed by atoms with E-state index >= 15 is 0 Å². The predicted molar refractivity (Wildman–Crippen MR) is 312 cm³/mol. The second-order valence-electron chi connectivity index (χ2n) is 19.3. The van der Waals surface area contributed by atoms with E-state index in [-0.39, 0.29) is 23.7 Å². The van der Waals surface area contributed by atoms with Crippen LogP contribution in [0.1, 0.15) is 102 Å². The van der Waals surface area contributed by atoms with E-state index in [4.69, 9.17) is 15.1 Å². The molecule has 0 N–H and O–H groups in total. The van der Waals surface area contributed by atoms with Crippen LogP contribution in [-0.4, -0.2) is 24.3 Å². The maximum Gasteiger partial charge on any atom is 0.184 e. The number of aromatic nitrogens is 2. The van der Waals surface area contributed by atoms with Gasteiger partial charge in [-0.1, -0.05) is 278 Å². The second kappa shape index (κ2) is 21.9. The molecule has 0 aliphatic carbocycles. The van der Waals surface area contributed by atoms with E-state index in [2.05, 4.69) is 302 Å². The lowest BCUT2D eigenvalue weighted by Gasteiger charge is -2.31. The first kappa shape index (κ1) is 48.1. The molecule has 0 saturated heterocycles. The van der Waals surface area contributed by atoms with Gasteiger partial charge >= 0.3 is 0 Å². The standard InChI is InChI=1S/C69H56B2N2P/c1-49-45-59(63(51-27-11-3-12-28-51)52-29-13-4-14-30-52)67(60(46-49)64(53-31-15-5-16-32-53)54-33-17-6-18-34-54)72-43-44-73(69(72)74(70)71)68-61(65(55-35-19-7-20-36-55)56-37-21-8-22-38-56)47-50(2)48-62(68)66(57-39-23-9-24-40-57)58-41-25-10-26-42-58/h3-48,63-66H,1-2H3/q-1. The fraction of sp³-hybridized carbons (Fsp3) is 0.0870. The van der Waals surface area contributed by atoms with Crippen molar-refractivity contribution in [3.05, 3.63) is 362 Å². The van der Waals surface area contributed by atoms with Gasteiger partial charge in [0.25, 0.3) is 0 Å². The Balaban J connectivity index is 1.30. The Hall–Kier alpha value is -8.16. The van der Waals surface area contributed by atoms with Gasteiger partial charge in [0.05, 0.1) is 11.4 Å². The van der Waals surface area contributed by atoms with Crippen LogP contribution < -0.4 is 0 Å². The minimum absolute atomic E-state index is 0.143. The Morgan fingerprint density at radius 1 is 0.284 bits per heavy atom. The summed E-state index contributed by atoms with van der Waals surface area (Å²) in [6, 6.07) is 97.0. The van der Waals surface area contributed by atoms with Gasteiger partial charge in [-0.3, -0.25) is 9.13 Å². The topological polar surface area (TPSA) is 9.86 Å². The third kappa shape index (κ3) is 9.74. The van der Waals surface area contributed by atoms with Crippen molar-refractivity contribution in [2.24, 2.45) is 0 Å². The van der Waals surface area contributed by atoms with Crippen LogP contribution in [0.2, 0.25) is 0 Å². The average Bonchev–Trinajstić information content (AvgIpc) is 3.88. The molecule has 1 aromatic heterocycles. The lowest BCUT2D eigenvalue weighted by molar-refractivity contribution is 0.845. The van der Waals surface area contributed by atoms with Crippen LogP contribution in [0, 0.1) is 19.0 Å². The maximum absolute atomic E-state index is 7.49. The molecule has 1 heterocycles. The van der Waals surface area contributed by atoms with Crippen molar-refractivity contribution in [1.82, 2.24) is 9.13 Å². The van der Waals surface area contributed by atoms with Crippen molar-refractivity contribution in [1.29, 1.82) is 0 Å². The fourth-order valence-corrected chi connectivity index (χ4v) is 12.3. The molecule has 10 aromatic carbocycles. The number of benzene rings is 10. The Morgan fingerprint density at radius 3 is 0.622 bits per heavy atom. The summed E-state index contributed by atoms with van der Waals surface area (Å²) in [5.74, 6) is -0.573. The zero-order chi connectivity index (χ0) is 50.4. The quantitative estimate of drug-likeness (QED) is 0.0584. The van der Waals surface area contributed by atoms with Crippen molar-refractivity contribution in [2.45, 2.75) is 37.5 Å². The number of hydrogen-bond donors (Lipinski definition) is 0. The molecule has 6 radical (unpaired) electrons. The van der Waals surface area contributed by atoms with Crippen LogP contribution in [0.4, 0.5) is 0 Å². The molecule has 5 heteroatoms. The van der Waals surface area contributed by atoms with Crippen molar-refractivity contribution in [3.63, 3.8) is 0 Å². The van der Waals surface area contributed by atoms with Gasteiger partial charge in [-0.15, -0.1) is 0 Å². The number of hydrogen-bond acceptors (Lipinski definition) is 0. The smallest absolute Gasteiger partial charge is 0.184 e.